The van der Waals surface area contributed by atoms with Gasteiger partial charge in [-0.1, -0.05) is 103 Å². The van der Waals surface area contributed by atoms with Gasteiger partial charge in [-0.2, -0.15) is 0 Å². The van der Waals surface area contributed by atoms with E-state index in [0.29, 0.717) is 0 Å². The van der Waals surface area contributed by atoms with Crippen LogP contribution in [0.2, 0.25) is 0 Å². The molecule has 0 fully saturated rings. The average molecular weight is 766 g/mol. The number of aromatic nitrogens is 5. The molecule has 0 radical (unpaired) electrons. The zero-order valence-corrected chi connectivity index (χ0v) is 32.4. The summed E-state index contributed by atoms with van der Waals surface area (Å²) in [4.78, 5) is 13.9. The highest BCUT2D eigenvalue weighted by atomic mass is 15.0. The van der Waals surface area contributed by atoms with Gasteiger partial charge in [-0.05, 0) is 118 Å². The minimum absolute atomic E-state index is 0.856. The Morgan fingerprint density at radius 2 is 0.750 bits per heavy atom. The monoisotopic (exact) mass is 765 g/mol. The van der Waals surface area contributed by atoms with Crippen molar-refractivity contribution in [1.29, 1.82) is 0 Å². The van der Waals surface area contributed by atoms with Crippen molar-refractivity contribution in [3.8, 4) is 56.1 Å². The number of hydrogen-bond acceptors (Lipinski definition) is 3. The Hall–Kier alpha value is -8.15. The van der Waals surface area contributed by atoms with E-state index < -0.39 is 0 Å². The van der Waals surface area contributed by atoms with Crippen LogP contribution in [0.15, 0.2) is 213 Å². The van der Waals surface area contributed by atoms with Crippen LogP contribution < -0.4 is 0 Å². The summed E-state index contributed by atoms with van der Waals surface area (Å²) < 4.78 is 4.73. The molecule has 7 aromatic carbocycles. The summed E-state index contributed by atoms with van der Waals surface area (Å²) >= 11 is 0. The van der Waals surface area contributed by atoms with E-state index in [1.807, 2.05) is 24.5 Å². The molecule has 5 heterocycles. The highest BCUT2D eigenvalue weighted by molar-refractivity contribution is 6.14. The predicted octanol–water partition coefficient (Wildman–Crippen LogP) is 13.9. The molecule has 12 rings (SSSR count). The van der Waals surface area contributed by atoms with Gasteiger partial charge < -0.3 is 9.13 Å². The minimum atomic E-state index is 0.856. The normalized spacial score (nSPS) is 11.7. The fourth-order valence-corrected chi connectivity index (χ4v) is 9.19. The molecule has 5 aromatic heterocycles. The second kappa shape index (κ2) is 13.8. The second-order valence-electron chi connectivity index (χ2n) is 15.3. The maximum Gasteiger partial charge on any atom is 0.0745 e. The summed E-state index contributed by atoms with van der Waals surface area (Å²) in [6, 6.07) is 67.7. The van der Waals surface area contributed by atoms with E-state index in [2.05, 4.69) is 195 Å². The van der Waals surface area contributed by atoms with Crippen LogP contribution in [0.4, 0.5) is 0 Å². The number of para-hydroxylation sites is 3. The van der Waals surface area contributed by atoms with Crippen molar-refractivity contribution >= 4 is 54.4 Å². The SMILES string of the molecule is c1ccc(-n2c3ccccc3c3cc(-c4ccc(-c5ccc6c(c5)c5ccccc5n6-c5cc(-c6cccnc6)nc(-c6cccnc6)c5)c5ccccc45)ccc32)cc1. The molecule has 0 amide bonds. The predicted molar refractivity (Wildman–Crippen MR) is 248 cm³/mol. The fourth-order valence-electron chi connectivity index (χ4n) is 9.19. The van der Waals surface area contributed by atoms with E-state index >= 15 is 0 Å². The van der Waals surface area contributed by atoms with E-state index in [1.54, 1.807) is 12.4 Å². The minimum Gasteiger partial charge on any atom is -0.309 e. The van der Waals surface area contributed by atoms with Crippen LogP contribution in [0, 0.1) is 0 Å². The standard InChI is InChI=1S/C55H35N5/c1-2-14-40(15-3-1)59-52-20-8-6-18-46(52)48-30-36(22-26-54(48)59)42-24-25-43(45-17-5-4-16-44(42)45)37-23-27-55-49(31-37)47-19-7-9-21-53(47)60(55)41-32-50(38-12-10-28-56-34-38)58-51(33-41)39-13-11-29-57-35-39/h1-35H. The second-order valence-corrected chi connectivity index (χ2v) is 15.3. The van der Waals surface area contributed by atoms with Crippen LogP contribution >= 0.6 is 0 Å². The van der Waals surface area contributed by atoms with Gasteiger partial charge in [-0.25, -0.2) is 4.98 Å². The van der Waals surface area contributed by atoms with Crippen molar-refractivity contribution in [3.05, 3.63) is 213 Å². The lowest BCUT2D eigenvalue weighted by atomic mass is 9.91. The molecule has 0 aliphatic carbocycles. The number of benzene rings is 7. The maximum absolute atomic E-state index is 5.10. The molecule has 0 bridgehead atoms. The number of hydrogen-bond donors (Lipinski definition) is 0. The third-order valence-corrected chi connectivity index (χ3v) is 11.9. The number of pyridine rings is 3. The third-order valence-electron chi connectivity index (χ3n) is 11.9. The average Bonchev–Trinajstić information content (AvgIpc) is 3.84. The Balaban J connectivity index is 1.01. The molecule has 12 aromatic rings. The Bertz CT molecular complexity index is 3530. The lowest BCUT2D eigenvalue weighted by Gasteiger charge is -2.14. The van der Waals surface area contributed by atoms with Crippen LogP contribution in [0.25, 0.3) is 111 Å². The molecular weight excluding hydrogens is 731 g/mol. The molecule has 0 spiro atoms. The zero-order chi connectivity index (χ0) is 39.6. The Morgan fingerprint density at radius 1 is 0.300 bits per heavy atom. The fraction of sp³-hybridized carbons (Fsp3) is 0. The lowest BCUT2D eigenvalue weighted by molar-refractivity contribution is 1.15. The van der Waals surface area contributed by atoms with E-state index in [1.165, 1.54) is 65.6 Å². The van der Waals surface area contributed by atoms with Gasteiger partial charge in [0, 0.05) is 63.1 Å². The van der Waals surface area contributed by atoms with E-state index in [4.69, 9.17) is 4.98 Å². The highest BCUT2D eigenvalue weighted by Gasteiger charge is 2.19. The summed E-state index contributed by atoms with van der Waals surface area (Å²) in [5.41, 5.74) is 15.3. The molecule has 280 valence electrons. The van der Waals surface area contributed by atoms with Gasteiger partial charge in [0.1, 0.15) is 0 Å². The highest BCUT2D eigenvalue weighted by Crippen LogP contribution is 2.42. The van der Waals surface area contributed by atoms with Gasteiger partial charge in [0.05, 0.1) is 39.1 Å². The maximum atomic E-state index is 5.10. The molecule has 0 aliphatic heterocycles. The van der Waals surface area contributed by atoms with Gasteiger partial charge in [0.2, 0.25) is 0 Å². The zero-order valence-electron chi connectivity index (χ0n) is 32.4. The topological polar surface area (TPSA) is 48.5 Å². The Morgan fingerprint density at radius 3 is 1.25 bits per heavy atom. The number of rotatable bonds is 6. The molecule has 0 unspecified atom stereocenters. The first-order valence-electron chi connectivity index (χ1n) is 20.2. The molecule has 0 saturated heterocycles. The molecule has 0 aliphatic rings. The third kappa shape index (κ3) is 5.44. The van der Waals surface area contributed by atoms with Gasteiger partial charge >= 0.3 is 0 Å². The van der Waals surface area contributed by atoms with E-state index in [9.17, 15) is 0 Å². The quantitative estimate of drug-likeness (QED) is 0.169. The summed E-state index contributed by atoms with van der Waals surface area (Å²) in [5.74, 6) is 0. The van der Waals surface area contributed by atoms with Crippen molar-refractivity contribution in [1.82, 2.24) is 24.1 Å². The smallest absolute Gasteiger partial charge is 0.0745 e. The summed E-state index contributed by atoms with van der Waals surface area (Å²) in [5, 5.41) is 7.34. The molecule has 5 nitrogen and oxygen atoms in total. The van der Waals surface area contributed by atoms with Gasteiger partial charge in [-0.3, -0.25) is 9.97 Å². The van der Waals surface area contributed by atoms with Crippen molar-refractivity contribution in [3.63, 3.8) is 0 Å². The van der Waals surface area contributed by atoms with Crippen molar-refractivity contribution in [2.24, 2.45) is 0 Å². The van der Waals surface area contributed by atoms with Gasteiger partial charge in [-0.15, -0.1) is 0 Å². The largest absolute Gasteiger partial charge is 0.309 e. The molecule has 60 heavy (non-hydrogen) atoms. The van der Waals surface area contributed by atoms with Crippen molar-refractivity contribution in [2.75, 3.05) is 0 Å². The first-order valence-corrected chi connectivity index (χ1v) is 20.2. The molecule has 0 N–H and O–H groups in total. The summed E-state index contributed by atoms with van der Waals surface area (Å²) in [6.07, 6.45) is 7.33. The summed E-state index contributed by atoms with van der Waals surface area (Å²) in [6.45, 7) is 0. The summed E-state index contributed by atoms with van der Waals surface area (Å²) in [7, 11) is 0. The van der Waals surface area contributed by atoms with Gasteiger partial charge in [0.15, 0.2) is 0 Å². The number of fused-ring (bicyclic) bond motifs is 7. The van der Waals surface area contributed by atoms with E-state index in [0.717, 1.165) is 44.9 Å². The Kier molecular flexibility index (Phi) is 7.78. The van der Waals surface area contributed by atoms with E-state index in [-0.39, 0.29) is 0 Å². The number of nitrogens with zero attached hydrogens (tertiary/aromatic N) is 5. The molecule has 0 saturated carbocycles. The van der Waals surface area contributed by atoms with Crippen LogP contribution in [0.5, 0.6) is 0 Å². The molecule has 5 heteroatoms. The molecular formula is C55H35N5. The van der Waals surface area contributed by atoms with Crippen molar-refractivity contribution < 1.29 is 0 Å². The first kappa shape index (κ1) is 33.9. The van der Waals surface area contributed by atoms with Crippen LogP contribution in [-0.4, -0.2) is 24.1 Å². The Labute approximate surface area is 346 Å². The molecule has 0 atom stereocenters. The van der Waals surface area contributed by atoms with Crippen LogP contribution in [0.1, 0.15) is 0 Å². The van der Waals surface area contributed by atoms with Gasteiger partial charge in [0.25, 0.3) is 0 Å². The first-order chi connectivity index (χ1) is 29.8. The van der Waals surface area contributed by atoms with Crippen LogP contribution in [0.3, 0.4) is 0 Å². The van der Waals surface area contributed by atoms with Crippen molar-refractivity contribution in [2.45, 2.75) is 0 Å². The lowest BCUT2D eigenvalue weighted by Crippen LogP contribution is -1.98. The van der Waals surface area contributed by atoms with Crippen LogP contribution in [-0.2, 0) is 0 Å².